The van der Waals surface area contributed by atoms with Gasteiger partial charge in [-0.2, -0.15) is 0 Å². The van der Waals surface area contributed by atoms with Crippen LogP contribution in [0.4, 0.5) is 0 Å². The molecule has 0 bridgehead atoms. The Morgan fingerprint density at radius 2 is 2.15 bits per heavy atom. The smallest absolute Gasteiger partial charge is 0.251 e. The highest BCUT2D eigenvalue weighted by Crippen LogP contribution is 2.36. The highest BCUT2D eigenvalue weighted by Gasteiger charge is 2.35. The zero-order valence-corrected chi connectivity index (χ0v) is 16.2. The maximum Gasteiger partial charge on any atom is 0.251 e. The standard InChI is InChI=1S/C20H27N5O2/c1-24(2)12-18-22-23-19(25(18)3)15-10-16(11-15)21-20(26)14-6-7-17-13(9-14)5-4-8-27-17/h6-7,9,15-16H,4-5,8,10-12H2,1-3H3,(H,21,26). The summed E-state index contributed by atoms with van der Waals surface area (Å²) in [6.07, 6.45) is 3.81. The number of hydrogen-bond donors (Lipinski definition) is 1. The molecule has 27 heavy (non-hydrogen) atoms. The van der Waals surface area contributed by atoms with E-state index in [4.69, 9.17) is 4.74 Å². The number of aromatic nitrogens is 3. The summed E-state index contributed by atoms with van der Waals surface area (Å²) in [5.41, 5.74) is 1.85. The Labute approximate surface area is 159 Å². The zero-order valence-electron chi connectivity index (χ0n) is 16.2. The molecule has 0 spiro atoms. The van der Waals surface area contributed by atoms with E-state index >= 15 is 0 Å². The van der Waals surface area contributed by atoms with Gasteiger partial charge in [-0.25, -0.2) is 0 Å². The van der Waals surface area contributed by atoms with E-state index in [2.05, 4.69) is 25.0 Å². The summed E-state index contributed by atoms with van der Waals surface area (Å²) in [7, 11) is 6.07. The molecule has 1 fully saturated rings. The molecule has 0 radical (unpaired) electrons. The molecule has 1 aliphatic heterocycles. The third-order valence-corrected chi connectivity index (χ3v) is 5.47. The van der Waals surface area contributed by atoms with E-state index in [-0.39, 0.29) is 11.9 Å². The van der Waals surface area contributed by atoms with Gasteiger partial charge in [0.05, 0.1) is 13.2 Å². The summed E-state index contributed by atoms with van der Waals surface area (Å²) in [5, 5.41) is 11.8. The van der Waals surface area contributed by atoms with Crippen LogP contribution in [0.2, 0.25) is 0 Å². The van der Waals surface area contributed by atoms with Gasteiger partial charge in [0.1, 0.15) is 17.4 Å². The van der Waals surface area contributed by atoms with Crippen LogP contribution in [-0.2, 0) is 20.0 Å². The molecule has 0 unspecified atom stereocenters. The Bertz CT molecular complexity index is 839. The average Bonchev–Trinajstić information content (AvgIpc) is 2.97. The van der Waals surface area contributed by atoms with Crippen molar-refractivity contribution in [2.45, 2.75) is 44.2 Å². The van der Waals surface area contributed by atoms with Crippen LogP contribution in [0.3, 0.4) is 0 Å². The quantitative estimate of drug-likeness (QED) is 0.871. The van der Waals surface area contributed by atoms with Crippen molar-refractivity contribution in [1.82, 2.24) is 25.0 Å². The highest BCUT2D eigenvalue weighted by atomic mass is 16.5. The number of hydrogen-bond acceptors (Lipinski definition) is 5. The molecule has 4 rings (SSSR count). The second-order valence-corrected chi connectivity index (χ2v) is 7.88. The molecular weight excluding hydrogens is 342 g/mol. The first-order chi connectivity index (χ1) is 13.0. The Kier molecular flexibility index (Phi) is 4.86. The summed E-state index contributed by atoms with van der Waals surface area (Å²) in [6.45, 7) is 1.54. The number of ether oxygens (including phenoxy) is 1. The van der Waals surface area contributed by atoms with Crippen LogP contribution in [0.5, 0.6) is 5.75 Å². The SMILES string of the molecule is CN(C)Cc1nnc(C2CC(NC(=O)c3ccc4c(c3)CCCO4)C2)n1C. The Balaban J connectivity index is 1.34. The predicted octanol–water partition coefficient (Wildman–Crippen LogP) is 1.88. The fraction of sp³-hybridized carbons (Fsp3) is 0.550. The van der Waals surface area contributed by atoms with Gasteiger partial charge in [-0.05, 0) is 63.5 Å². The van der Waals surface area contributed by atoms with Crippen LogP contribution in [0.1, 0.15) is 52.8 Å². The molecule has 2 aromatic rings. The number of fused-ring (bicyclic) bond motifs is 1. The van der Waals surface area contributed by atoms with E-state index < -0.39 is 0 Å². The number of aryl methyl sites for hydroxylation is 1. The molecule has 7 heteroatoms. The van der Waals surface area contributed by atoms with Crippen molar-refractivity contribution in [2.24, 2.45) is 7.05 Å². The van der Waals surface area contributed by atoms with Crippen LogP contribution < -0.4 is 10.1 Å². The Hall–Kier alpha value is -2.41. The summed E-state index contributed by atoms with van der Waals surface area (Å²) in [4.78, 5) is 14.7. The molecule has 2 heterocycles. The van der Waals surface area contributed by atoms with Crippen LogP contribution in [-0.4, -0.2) is 52.3 Å². The van der Waals surface area contributed by atoms with E-state index in [1.165, 1.54) is 0 Å². The third-order valence-electron chi connectivity index (χ3n) is 5.47. The molecule has 144 valence electrons. The van der Waals surface area contributed by atoms with Crippen molar-refractivity contribution in [3.8, 4) is 5.75 Å². The molecule has 1 saturated carbocycles. The van der Waals surface area contributed by atoms with Gasteiger partial charge < -0.3 is 19.5 Å². The zero-order chi connectivity index (χ0) is 19.0. The van der Waals surface area contributed by atoms with Crippen molar-refractivity contribution in [3.05, 3.63) is 41.0 Å². The lowest BCUT2D eigenvalue weighted by Gasteiger charge is -2.35. The largest absolute Gasteiger partial charge is 0.493 e. The van der Waals surface area contributed by atoms with E-state index in [0.29, 0.717) is 5.92 Å². The second kappa shape index (κ2) is 7.31. The number of carbonyl (C=O) groups excluding carboxylic acids is 1. The van der Waals surface area contributed by atoms with E-state index in [1.54, 1.807) is 0 Å². The van der Waals surface area contributed by atoms with Crippen LogP contribution in [0.15, 0.2) is 18.2 Å². The Morgan fingerprint density at radius 1 is 1.33 bits per heavy atom. The van der Waals surface area contributed by atoms with Crippen molar-refractivity contribution < 1.29 is 9.53 Å². The van der Waals surface area contributed by atoms with Gasteiger partial charge in [0.25, 0.3) is 5.91 Å². The molecule has 1 amide bonds. The minimum absolute atomic E-state index is 0.00177. The lowest BCUT2D eigenvalue weighted by Crippen LogP contribution is -2.44. The number of amides is 1. The minimum atomic E-state index is -0.00177. The fourth-order valence-corrected chi connectivity index (χ4v) is 3.87. The van der Waals surface area contributed by atoms with Crippen LogP contribution in [0, 0.1) is 0 Å². The first-order valence-corrected chi connectivity index (χ1v) is 9.60. The van der Waals surface area contributed by atoms with Gasteiger partial charge in [0.2, 0.25) is 0 Å². The lowest BCUT2D eigenvalue weighted by atomic mass is 9.79. The number of nitrogens with zero attached hydrogens (tertiary/aromatic N) is 4. The van der Waals surface area contributed by atoms with E-state index in [9.17, 15) is 4.79 Å². The fourth-order valence-electron chi connectivity index (χ4n) is 3.87. The second-order valence-electron chi connectivity index (χ2n) is 7.88. The summed E-state index contributed by atoms with van der Waals surface area (Å²) < 4.78 is 7.71. The van der Waals surface area contributed by atoms with Gasteiger partial charge in [0.15, 0.2) is 0 Å². The van der Waals surface area contributed by atoms with Crippen molar-refractivity contribution in [3.63, 3.8) is 0 Å². The molecule has 1 N–H and O–H groups in total. The monoisotopic (exact) mass is 369 g/mol. The third kappa shape index (κ3) is 3.69. The summed E-state index contributed by atoms with van der Waals surface area (Å²) in [6, 6.07) is 5.93. The molecule has 1 aliphatic carbocycles. The molecule has 0 atom stereocenters. The number of benzene rings is 1. The van der Waals surface area contributed by atoms with Crippen LogP contribution >= 0.6 is 0 Å². The predicted molar refractivity (Wildman–Crippen MR) is 102 cm³/mol. The lowest BCUT2D eigenvalue weighted by molar-refractivity contribution is 0.0906. The molecule has 0 saturated heterocycles. The van der Waals surface area contributed by atoms with Crippen molar-refractivity contribution in [2.75, 3.05) is 20.7 Å². The molecule has 1 aromatic heterocycles. The normalized spacial score (nSPS) is 21.3. The van der Waals surface area contributed by atoms with E-state index in [1.807, 2.05) is 39.3 Å². The number of carbonyl (C=O) groups is 1. The number of nitrogens with one attached hydrogen (secondary N) is 1. The van der Waals surface area contributed by atoms with Gasteiger partial charge >= 0.3 is 0 Å². The maximum absolute atomic E-state index is 12.6. The molecule has 7 nitrogen and oxygen atoms in total. The van der Waals surface area contributed by atoms with Crippen molar-refractivity contribution >= 4 is 5.91 Å². The average molecular weight is 369 g/mol. The van der Waals surface area contributed by atoms with Gasteiger partial charge in [-0.3, -0.25) is 4.79 Å². The van der Waals surface area contributed by atoms with Crippen LogP contribution in [0.25, 0.3) is 0 Å². The topological polar surface area (TPSA) is 72.3 Å². The first-order valence-electron chi connectivity index (χ1n) is 9.60. The van der Waals surface area contributed by atoms with Crippen molar-refractivity contribution in [1.29, 1.82) is 0 Å². The van der Waals surface area contributed by atoms with E-state index in [0.717, 1.165) is 67.4 Å². The van der Waals surface area contributed by atoms with Gasteiger partial charge in [-0.1, -0.05) is 0 Å². The highest BCUT2D eigenvalue weighted by molar-refractivity contribution is 5.94. The summed E-state index contributed by atoms with van der Waals surface area (Å²) >= 11 is 0. The maximum atomic E-state index is 12.6. The van der Waals surface area contributed by atoms with Gasteiger partial charge in [-0.15, -0.1) is 10.2 Å². The number of rotatable bonds is 5. The molecular formula is C20H27N5O2. The minimum Gasteiger partial charge on any atom is -0.493 e. The molecule has 2 aliphatic rings. The Morgan fingerprint density at radius 3 is 2.93 bits per heavy atom. The molecule has 1 aromatic carbocycles. The summed E-state index contributed by atoms with van der Waals surface area (Å²) in [5.74, 6) is 3.26. The van der Waals surface area contributed by atoms with Gasteiger partial charge in [0, 0.05) is 24.6 Å². The first kappa shape index (κ1) is 18.0.